The van der Waals surface area contributed by atoms with E-state index in [0.717, 1.165) is 0 Å². The fourth-order valence-electron chi connectivity index (χ4n) is 2.77. The summed E-state index contributed by atoms with van der Waals surface area (Å²) in [6.45, 7) is 5.48. The molecule has 28 heavy (non-hydrogen) atoms. The van der Waals surface area contributed by atoms with Gasteiger partial charge >= 0.3 is 0 Å². The van der Waals surface area contributed by atoms with E-state index in [9.17, 15) is 19.5 Å². The van der Waals surface area contributed by atoms with Crippen LogP contribution in [0.2, 0.25) is 0 Å². The Kier molecular flexibility index (Phi) is 5.23. The smallest absolute Gasteiger partial charge is 0.266 e. The lowest BCUT2D eigenvalue weighted by molar-refractivity contribution is -0.255. The number of carbonyl (C=O) groups is 3. The molecular formula is C20H15N2O5S-. The number of rotatable bonds is 5. The molecule has 1 aliphatic heterocycles. The molecule has 2 heterocycles. The van der Waals surface area contributed by atoms with Gasteiger partial charge in [-0.3, -0.25) is 19.8 Å². The fourth-order valence-corrected chi connectivity index (χ4v) is 3.02. The second kappa shape index (κ2) is 7.61. The maximum Gasteiger partial charge on any atom is 0.266 e. The minimum Gasteiger partial charge on any atom is -0.545 e. The highest BCUT2D eigenvalue weighted by molar-refractivity contribution is 7.80. The van der Waals surface area contributed by atoms with Gasteiger partial charge in [-0.05, 0) is 54.5 Å². The van der Waals surface area contributed by atoms with Crippen LogP contribution in [0.15, 0.2) is 53.0 Å². The van der Waals surface area contributed by atoms with Crippen molar-refractivity contribution in [1.82, 2.24) is 10.2 Å². The Balaban J connectivity index is 1.92. The Morgan fingerprint density at radius 2 is 2.07 bits per heavy atom. The first-order chi connectivity index (χ1) is 13.3. The quantitative estimate of drug-likeness (QED) is 0.356. The molecule has 1 N–H and O–H groups in total. The van der Waals surface area contributed by atoms with E-state index < -0.39 is 17.8 Å². The molecule has 0 unspecified atom stereocenters. The Morgan fingerprint density at radius 1 is 1.32 bits per heavy atom. The maximum atomic E-state index is 12.5. The number of amides is 2. The summed E-state index contributed by atoms with van der Waals surface area (Å²) in [5, 5.41) is 13.4. The number of aryl methyl sites for hydroxylation is 1. The van der Waals surface area contributed by atoms with E-state index in [1.807, 2.05) is 0 Å². The fraction of sp³-hybridized carbons (Fsp3) is 0.100. The van der Waals surface area contributed by atoms with Crippen molar-refractivity contribution < 1.29 is 23.9 Å². The second-order valence-corrected chi connectivity index (χ2v) is 6.43. The average Bonchev–Trinajstić information content (AvgIpc) is 3.10. The van der Waals surface area contributed by atoms with E-state index in [4.69, 9.17) is 16.6 Å². The second-order valence-electron chi connectivity index (χ2n) is 6.04. The molecule has 1 saturated heterocycles. The van der Waals surface area contributed by atoms with Gasteiger partial charge in [-0.25, -0.2) is 0 Å². The van der Waals surface area contributed by atoms with Gasteiger partial charge < -0.3 is 14.3 Å². The zero-order valence-corrected chi connectivity index (χ0v) is 15.7. The summed E-state index contributed by atoms with van der Waals surface area (Å²) >= 11 is 5.00. The van der Waals surface area contributed by atoms with Crippen LogP contribution in [0.1, 0.15) is 21.7 Å². The highest BCUT2D eigenvalue weighted by Crippen LogP contribution is 2.27. The predicted octanol–water partition coefficient (Wildman–Crippen LogP) is 1.43. The molecule has 0 saturated carbocycles. The van der Waals surface area contributed by atoms with Gasteiger partial charge in [0.05, 0.1) is 5.97 Å². The lowest BCUT2D eigenvalue weighted by Crippen LogP contribution is -2.53. The largest absolute Gasteiger partial charge is 0.545 e. The molecule has 0 bridgehead atoms. The number of carboxylic acids is 1. The van der Waals surface area contributed by atoms with Crippen LogP contribution in [0.5, 0.6) is 0 Å². The van der Waals surface area contributed by atoms with Crippen LogP contribution in [0.4, 0.5) is 0 Å². The van der Waals surface area contributed by atoms with E-state index >= 15 is 0 Å². The van der Waals surface area contributed by atoms with Gasteiger partial charge in [0, 0.05) is 12.1 Å². The molecule has 1 aromatic heterocycles. The molecule has 0 aliphatic carbocycles. The standard InChI is InChI=1S/C20H16N2O5S/c1-3-8-22-18(24)15(17(23)21-20(22)28)10-13-5-7-16(27-13)14-6-4-12(19(25)26)9-11(14)2/h3-7,9-10H,1,8H2,2H3,(H,25,26)(H,21,23,28)/p-1/b15-10-. The van der Waals surface area contributed by atoms with Gasteiger partial charge in [0.2, 0.25) is 0 Å². The number of aromatic carboxylic acids is 1. The maximum absolute atomic E-state index is 12.5. The van der Waals surface area contributed by atoms with Crippen LogP contribution in [0.25, 0.3) is 17.4 Å². The van der Waals surface area contributed by atoms with Crippen molar-refractivity contribution in [2.75, 3.05) is 6.54 Å². The summed E-state index contributed by atoms with van der Waals surface area (Å²) in [5.74, 6) is -1.65. The molecule has 1 aliphatic rings. The van der Waals surface area contributed by atoms with E-state index in [0.29, 0.717) is 22.6 Å². The highest BCUT2D eigenvalue weighted by Gasteiger charge is 2.32. The van der Waals surface area contributed by atoms with Crippen molar-refractivity contribution in [3.63, 3.8) is 0 Å². The Morgan fingerprint density at radius 3 is 2.71 bits per heavy atom. The topological polar surface area (TPSA) is 103 Å². The molecular weight excluding hydrogens is 380 g/mol. The number of nitrogens with zero attached hydrogens (tertiary/aromatic N) is 1. The SMILES string of the molecule is C=CCN1C(=O)/C(=C\c2ccc(-c3ccc(C(=O)[O-])cc3C)o2)C(=O)NC1=S. The van der Waals surface area contributed by atoms with Crippen LogP contribution in [-0.2, 0) is 9.59 Å². The van der Waals surface area contributed by atoms with E-state index in [-0.39, 0.29) is 22.8 Å². The normalized spacial score (nSPS) is 15.7. The average molecular weight is 395 g/mol. The molecule has 3 rings (SSSR count). The van der Waals surface area contributed by atoms with E-state index in [1.54, 1.807) is 25.1 Å². The van der Waals surface area contributed by atoms with Crippen molar-refractivity contribution in [1.29, 1.82) is 0 Å². The van der Waals surface area contributed by atoms with Crippen molar-refractivity contribution in [3.05, 3.63) is 65.4 Å². The third-order valence-electron chi connectivity index (χ3n) is 4.14. The number of thiocarbonyl (C=S) groups is 1. The van der Waals surface area contributed by atoms with Crippen molar-refractivity contribution in [2.24, 2.45) is 0 Å². The number of hydrogen-bond acceptors (Lipinski definition) is 6. The zero-order valence-electron chi connectivity index (χ0n) is 14.9. The Bertz CT molecular complexity index is 1050. The van der Waals surface area contributed by atoms with Gasteiger partial charge in [0.25, 0.3) is 11.8 Å². The zero-order chi connectivity index (χ0) is 20.4. The molecule has 0 atom stereocenters. The summed E-state index contributed by atoms with van der Waals surface area (Å²) in [4.78, 5) is 36.9. The summed E-state index contributed by atoms with van der Waals surface area (Å²) in [5.41, 5.74) is 1.33. The van der Waals surface area contributed by atoms with Crippen LogP contribution in [0, 0.1) is 6.92 Å². The third-order valence-corrected chi connectivity index (χ3v) is 4.46. The first-order valence-corrected chi connectivity index (χ1v) is 8.64. The van der Waals surface area contributed by atoms with Crippen LogP contribution in [-0.4, -0.2) is 34.3 Å². The summed E-state index contributed by atoms with van der Waals surface area (Å²) in [6, 6.07) is 7.80. The van der Waals surface area contributed by atoms with Gasteiger partial charge in [-0.15, -0.1) is 6.58 Å². The van der Waals surface area contributed by atoms with Gasteiger partial charge in [0.1, 0.15) is 17.1 Å². The van der Waals surface area contributed by atoms with E-state index in [2.05, 4.69) is 11.9 Å². The number of benzene rings is 1. The van der Waals surface area contributed by atoms with E-state index in [1.165, 1.54) is 29.2 Å². The Labute approximate surface area is 165 Å². The lowest BCUT2D eigenvalue weighted by atomic mass is 10.0. The predicted molar refractivity (Wildman–Crippen MR) is 104 cm³/mol. The number of carbonyl (C=O) groups excluding carboxylic acids is 3. The van der Waals surface area contributed by atoms with Gasteiger partial charge in [-0.2, -0.15) is 0 Å². The minimum atomic E-state index is -1.26. The summed E-state index contributed by atoms with van der Waals surface area (Å²) in [6.07, 6.45) is 2.84. The molecule has 1 aromatic carbocycles. The summed E-state index contributed by atoms with van der Waals surface area (Å²) < 4.78 is 5.73. The first-order valence-electron chi connectivity index (χ1n) is 8.23. The van der Waals surface area contributed by atoms with Crippen LogP contribution >= 0.6 is 12.2 Å². The number of furan rings is 1. The highest BCUT2D eigenvalue weighted by atomic mass is 32.1. The van der Waals surface area contributed by atoms with Crippen molar-refractivity contribution in [2.45, 2.75) is 6.92 Å². The Hall–Kier alpha value is -3.52. The minimum absolute atomic E-state index is 0.0239. The summed E-state index contributed by atoms with van der Waals surface area (Å²) in [7, 11) is 0. The molecule has 7 nitrogen and oxygen atoms in total. The van der Waals surface area contributed by atoms with Crippen LogP contribution < -0.4 is 10.4 Å². The number of nitrogens with one attached hydrogen (secondary N) is 1. The molecule has 0 spiro atoms. The molecule has 8 heteroatoms. The monoisotopic (exact) mass is 395 g/mol. The third kappa shape index (κ3) is 3.63. The molecule has 2 aromatic rings. The molecule has 142 valence electrons. The first kappa shape index (κ1) is 19.2. The van der Waals surface area contributed by atoms with Crippen molar-refractivity contribution >= 4 is 41.2 Å². The number of hydrogen-bond donors (Lipinski definition) is 1. The lowest BCUT2D eigenvalue weighted by Gasteiger charge is -2.27. The molecule has 0 radical (unpaired) electrons. The molecule has 1 fully saturated rings. The van der Waals surface area contributed by atoms with Gasteiger partial charge in [-0.1, -0.05) is 18.2 Å². The molecule has 2 amide bonds. The van der Waals surface area contributed by atoms with Gasteiger partial charge in [0.15, 0.2) is 5.11 Å². The van der Waals surface area contributed by atoms with Crippen molar-refractivity contribution in [3.8, 4) is 11.3 Å². The number of carboxylic acid groups (broad SMARTS) is 1. The van der Waals surface area contributed by atoms with Crippen LogP contribution in [0.3, 0.4) is 0 Å².